The van der Waals surface area contributed by atoms with E-state index in [0.717, 1.165) is 41.3 Å². The molecule has 4 rings (SSSR count). The van der Waals surface area contributed by atoms with E-state index in [2.05, 4.69) is 20.3 Å². The molecule has 0 bridgehead atoms. The average Bonchev–Trinajstić information content (AvgIpc) is 3.12. The Morgan fingerprint density at radius 2 is 2.03 bits per heavy atom. The maximum absolute atomic E-state index is 11.9. The fraction of sp³-hybridized carbons (Fsp3) is 0.381. The van der Waals surface area contributed by atoms with Crippen molar-refractivity contribution in [3.63, 3.8) is 0 Å². The second-order valence-corrected chi connectivity index (χ2v) is 7.19. The fourth-order valence-electron chi connectivity index (χ4n) is 3.41. The molecule has 0 N–H and O–H groups in total. The molecule has 8 nitrogen and oxygen atoms in total. The number of carbonyl (C=O) groups excluding carboxylic acids is 1. The summed E-state index contributed by atoms with van der Waals surface area (Å²) in [7, 11) is 0. The number of ether oxygens (including phenoxy) is 1. The number of aromatic nitrogens is 5. The van der Waals surface area contributed by atoms with Crippen molar-refractivity contribution in [2.45, 2.75) is 46.8 Å². The molecular formula is C21H24N6O2. The minimum atomic E-state index is 0.179. The summed E-state index contributed by atoms with van der Waals surface area (Å²) in [6.45, 7) is 7.40. The first-order valence-corrected chi connectivity index (χ1v) is 9.77. The van der Waals surface area contributed by atoms with Crippen LogP contribution in [0.15, 0.2) is 30.6 Å². The highest BCUT2D eigenvalue weighted by molar-refractivity contribution is 5.76. The predicted octanol–water partition coefficient (Wildman–Crippen LogP) is 2.55. The zero-order valence-electron chi connectivity index (χ0n) is 16.9. The molecule has 1 aliphatic heterocycles. The summed E-state index contributed by atoms with van der Waals surface area (Å²) < 4.78 is 7.71. The number of amides is 1. The summed E-state index contributed by atoms with van der Waals surface area (Å²) in [5.74, 6) is 0.742. The number of rotatable bonds is 5. The largest absolute Gasteiger partial charge is 0.471 e. The van der Waals surface area contributed by atoms with Crippen molar-refractivity contribution in [2.75, 3.05) is 6.54 Å². The SMILES string of the molecule is CCC(=O)N1CCc2cc(OCc3c(C)nnn3-c3ccc(C)nc3)ncc2C1. The number of nitrogens with zero attached hydrogens (tertiary/aromatic N) is 6. The summed E-state index contributed by atoms with van der Waals surface area (Å²) in [5.41, 5.74) is 5.71. The van der Waals surface area contributed by atoms with Gasteiger partial charge in [0.15, 0.2) is 0 Å². The highest BCUT2D eigenvalue weighted by Gasteiger charge is 2.21. The van der Waals surface area contributed by atoms with Crippen LogP contribution >= 0.6 is 0 Å². The minimum Gasteiger partial charge on any atom is -0.471 e. The Morgan fingerprint density at radius 1 is 1.17 bits per heavy atom. The van der Waals surface area contributed by atoms with Crippen molar-refractivity contribution in [3.05, 3.63) is 58.8 Å². The molecule has 0 saturated heterocycles. The number of carbonyl (C=O) groups is 1. The molecule has 0 atom stereocenters. The van der Waals surface area contributed by atoms with Gasteiger partial charge in [-0.2, -0.15) is 0 Å². The Bertz CT molecular complexity index is 1030. The number of fused-ring (bicyclic) bond motifs is 1. The van der Waals surface area contributed by atoms with Crippen LogP contribution in [0.4, 0.5) is 0 Å². The van der Waals surface area contributed by atoms with Gasteiger partial charge in [-0.15, -0.1) is 5.10 Å². The van der Waals surface area contributed by atoms with Gasteiger partial charge >= 0.3 is 0 Å². The predicted molar refractivity (Wildman–Crippen MR) is 107 cm³/mol. The lowest BCUT2D eigenvalue weighted by Crippen LogP contribution is -2.35. The van der Waals surface area contributed by atoms with E-state index < -0.39 is 0 Å². The normalized spacial score (nSPS) is 13.3. The van der Waals surface area contributed by atoms with Crippen LogP contribution in [-0.4, -0.2) is 42.3 Å². The second-order valence-electron chi connectivity index (χ2n) is 7.19. The molecule has 0 unspecified atom stereocenters. The van der Waals surface area contributed by atoms with Crippen LogP contribution in [-0.2, 0) is 24.4 Å². The number of hydrogen-bond donors (Lipinski definition) is 0. The number of pyridine rings is 2. The van der Waals surface area contributed by atoms with Gasteiger partial charge in [-0.3, -0.25) is 9.78 Å². The zero-order valence-corrected chi connectivity index (χ0v) is 16.9. The van der Waals surface area contributed by atoms with Crippen molar-refractivity contribution in [2.24, 2.45) is 0 Å². The van der Waals surface area contributed by atoms with Gasteiger partial charge in [0.2, 0.25) is 11.8 Å². The molecule has 3 aromatic heterocycles. The number of aryl methyl sites for hydroxylation is 2. The van der Waals surface area contributed by atoms with Crippen LogP contribution < -0.4 is 4.74 Å². The van der Waals surface area contributed by atoms with Gasteiger partial charge in [0.1, 0.15) is 12.3 Å². The molecule has 0 radical (unpaired) electrons. The van der Waals surface area contributed by atoms with Gasteiger partial charge in [-0.05, 0) is 43.5 Å². The van der Waals surface area contributed by atoms with Crippen molar-refractivity contribution in [3.8, 4) is 11.6 Å². The van der Waals surface area contributed by atoms with E-state index in [1.807, 2.05) is 50.1 Å². The van der Waals surface area contributed by atoms with Crippen molar-refractivity contribution in [1.29, 1.82) is 0 Å². The van der Waals surface area contributed by atoms with E-state index in [4.69, 9.17) is 4.74 Å². The molecule has 8 heteroatoms. The second kappa shape index (κ2) is 7.98. The van der Waals surface area contributed by atoms with Crippen LogP contribution in [0.3, 0.4) is 0 Å². The zero-order chi connectivity index (χ0) is 20.4. The molecule has 0 spiro atoms. The quantitative estimate of drug-likeness (QED) is 0.663. The summed E-state index contributed by atoms with van der Waals surface area (Å²) in [6, 6.07) is 5.87. The van der Waals surface area contributed by atoms with Crippen LogP contribution in [0.5, 0.6) is 5.88 Å². The molecule has 1 amide bonds. The maximum atomic E-state index is 11.9. The first kappa shape index (κ1) is 19.0. The molecular weight excluding hydrogens is 368 g/mol. The Labute approximate surface area is 169 Å². The standard InChI is InChI=1S/C21H24N6O2/c1-4-21(28)26-8-7-16-9-20(23-10-17(16)12-26)29-13-19-15(3)24-25-27(19)18-6-5-14(2)22-11-18/h5-6,9-11H,4,7-8,12-13H2,1-3H3. The lowest BCUT2D eigenvalue weighted by molar-refractivity contribution is -0.131. The van der Waals surface area contributed by atoms with Crippen LogP contribution in [0.2, 0.25) is 0 Å². The van der Waals surface area contributed by atoms with E-state index in [1.165, 1.54) is 5.56 Å². The topological polar surface area (TPSA) is 86.0 Å². The van der Waals surface area contributed by atoms with E-state index in [-0.39, 0.29) is 5.91 Å². The molecule has 1 aliphatic rings. The first-order chi connectivity index (χ1) is 14.0. The smallest absolute Gasteiger partial charge is 0.222 e. The lowest BCUT2D eigenvalue weighted by atomic mass is 10.0. The highest BCUT2D eigenvalue weighted by Crippen LogP contribution is 2.23. The Kier molecular flexibility index (Phi) is 5.24. The van der Waals surface area contributed by atoms with Crippen LogP contribution in [0.1, 0.15) is 41.6 Å². The molecule has 3 aromatic rings. The van der Waals surface area contributed by atoms with Crippen LogP contribution in [0, 0.1) is 13.8 Å². The molecule has 0 saturated carbocycles. The fourth-order valence-corrected chi connectivity index (χ4v) is 3.41. The van der Waals surface area contributed by atoms with Gasteiger partial charge in [-0.25, -0.2) is 9.67 Å². The maximum Gasteiger partial charge on any atom is 0.222 e. The van der Waals surface area contributed by atoms with Gasteiger partial charge in [0.25, 0.3) is 0 Å². The third-order valence-electron chi connectivity index (χ3n) is 5.18. The summed E-state index contributed by atoms with van der Waals surface area (Å²) in [5, 5.41) is 8.40. The van der Waals surface area contributed by atoms with E-state index in [1.54, 1.807) is 10.9 Å². The summed E-state index contributed by atoms with van der Waals surface area (Å²) >= 11 is 0. The molecule has 150 valence electrons. The highest BCUT2D eigenvalue weighted by atomic mass is 16.5. The minimum absolute atomic E-state index is 0.179. The molecule has 0 fully saturated rings. The first-order valence-electron chi connectivity index (χ1n) is 9.77. The van der Waals surface area contributed by atoms with Crippen molar-refractivity contribution < 1.29 is 9.53 Å². The van der Waals surface area contributed by atoms with E-state index >= 15 is 0 Å². The average molecular weight is 392 g/mol. The van der Waals surface area contributed by atoms with Crippen molar-refractivity contribution in [1.82, 2.24) is 29.9 Å². The Morgan fingerprint density at radius 3 is 2.79 bits per heavy atom. The van der Waals surface area contributed by atoms with Crippen molar-refractivity contribution >= 4 is 5.91 Å². The summed E-state index contributed by atoms with van der Waals surface area (Å²) in [6.07, 6.45) is 4.93. The summed E-state index contributed by atoms with van der Waals surface area (Å²) in [4.78, 5) is 22.6. The van der Waals surface area contributed by atoms with E-state index in [9.17, 15) is 4.79 Å². The number of hydrogen-bond acceptors (Lipinski definition) is 6. The molecule has 4 heterocycles. The monoisotopic (exact) mass is 392 g/mol. The third-order valence-corrected chi connectivity index (χ3v) is 5.18. The molecule has 0 aliphatic carbocycles. The van der Waals surface area contributed by atoms with Gasteiger partial charge in [-0.1, -0.05) is 12.1 Å². The third kappa shape index (κ3) is 3.96. The van der Waals surface area contributed by atoms with E-state index in [0.29, 0.717) is 25.5 Å². The van der Waals surface area contributed by atoms with Gasteiger partial charge in [0, 0.05) is 37.5 Å². The lowest BCUT2D eigenvalue weighted by Gasteiger charge is -2.28. The molecule has 29 heavy (non-hydrogen) atoms. The Hall–Kier alpha value is -3.29. The Balaban J connectivity index is 1.49. The van der Waals surface area contributed by atoms with Gasteiger partial charge < -0.3 is 9.64 Å². The van der Waals surface area contributed by atoms with Gasteiger partial charge in [0.05, 0.1) is 17.6 Å². The molecule has 0 aromatic carbocycles. The van der Waals surface area contributed by atoms with Crippen LogP contribution in [0.25, 0.3) is 5.69 Å².